The largest absolute Gasteiger partial charge is 0.491 e. The summed E-state index contributed by atoms with van der Waals surface area (Å²) in [6, 6.07) is 9.55. The van der Waals surface area contributed by atoms with Crippen molar-refractivity contribution in [3.05, 3.63) is 62.6 Å². The molecule has 0 bridgehead atoms. The molecule has 0 saturated heterocycles. The molecule has 6 nitrogen and oxygen atoms in total. The zero-order valence-electron chi connectivity index (χ0n) is 16.2. The monoisotopic (exact) mass is 367 g/mol. The molecule has 0 aliphatic heterocycles. The third-order valence-corrected chi connectivity index (χ3v) is 4.31. The van der Waals surface area contributed by atoms with Crippen LogP contribution in [-0.4, -0.2) is 17.0 Å². The highest BCUT2D eigenvalue weighted by Crippen LogP contribution is 2.16. The van der Waals surface area contributed by atoms with E-state index in [1.54, 1.807) is 13.8 Å². The number of ether oxygens (including phenoxy) is 1. The van der Waals surface area contributed by atoms with Crippen molar-refractivity contribution in [1.82, 2.24) is 10.3 Å². The van der Waals surface area contributed by atoms with Crippen molar-refractivity contribution in [2.24, 2.45) is 0 Å². The Morgan fingerprint density at radius 3 is 2.52 bits per heavy atom. The third-order valence-electron chi connectivity index (χ3n) is 4.31. The molecule has 1 amide bonds. The molecule has 6 heteroatoms. The summed E-state index contributed by atoms with van der Waals surface area (Å²) in [4.78, 5) is 26.6. The summed E-state index contributed by atoms with van der Waals surface area (Å²) in [7, 11) is 0. The van der Waals surface area contributed by atoms with E-state index in [4.69, 9.17) is 10.00 Å². The highest BCUT2D eigenvalue weighted by molar-refractivity contribution is 5.76. The van der Waals surface area contributed by atoms with Gasteiger partial charge in [-0.25, -0.2) is 0 Å². The van der Waals surface area contributed by atoms with Crippen LogP contribution in [0.2, 0.25) is 0 Å². The van der Waals surface area contributed by atoms with E-state index in [1.807, 2.05) is 44.2 Å². The lowest BCUT2D eigenvalue weighted by atomic mass is 9.99. The Kier molecular flexibility index (Phi) is 6.78. The number of nitrogens with one attached hydrogen (secondary N) is 2. The van der Waals surface area contributed by atoms with Crippen LogP contribution in [0.3, 0.4) is 0 Å². The minimum absolute atomic E-state index is 0.0824. The molecule has 0 aliphatic carbocycles. The number of benzene rings is 1. The van der Waals surface area contributed by atoms with Gasteiger partial charge in [-0.1, -0.05) is 12.1 Å². The zero-order chi connectivity index (χ0) is 20.0. The summed E-state index contributed by atoms with van der Waals surface area (Å²) >= 11 is 0. The van der Waals surface area contributed by atoms with E-state index in [0.717, 1.165) is 16.9 Å². The molecule has 0 radical (unpaired) electrons. The van der Waals surface area contributed by atoms with Gasteiger partial charge in [-0.3, -0.25) is 9.59 Å². The number of hydrogen-bond acceptors (Lipinski definition) is 4. The van der Waals surface area contributed by atoms with Crippen LogP contribution in [0, 0.1) is 25.2 Å². The fourth-order valence-electron chi connectivity index (χ4n) is 2.91. The van der Waals surface area contributed by atoms with Crippen LogP contribution in [0.5, 0.6) is 5.75 Å². The first-order chi connectivity index (χ1) is 12.8. The summed E-state index contributed by atoms with van der Waals surface area (Å²) in [5.74, 6) is 0.721. The van der Waals surface area contributed by atoms with E-state index in [-0.39, 0.29) is 29.6 Å². The fraction of sp³-hybridized carbons (Fsp3) is 0.381. The second kappa shape index (κ2) is 9.04. The van der Waals surface area contributed by atoms with E-state index in [9.17, 15) is 9.59 Å². The summed E-state index contributed by atoms with van der Waals surface area (Å²) < 4.78 is 5.60. The molecule has 1 heterocycles. The summed E-state index contributed by atoms with van der Waals surface area (Å²) in [6.45, 7) is 7.91. The lowest BCUT2D eigenvalue weighted by Crippen LogP contribution is -2.24. The average Bonchev–Trinajstić information content (AvgIpc) is 2.60. The summed E-state index contributed by atoms with van der Waals surface area (Å²) in [5, 5.41) is 12.0. The van der Waals surface area contributed by atoms with Crippen molar-refractivity contribution in [2.45, 2.75) is 53.2 Å². The van der Waals surface area contributed by atoms with Gasteiger partial charge in [0.05, 0.1) is 6.10 Å². The number of pyridine rings is 1. The van der Waals surface area contributed by atoms with Gasteiger partial charge in [0.15, 0.2) is 0 Å². The fourth-order valence-corrected chi connectivity index (χ4v) is 2.91. The van der Waals surface area contributed by atoms with E-state index in [1.165, 1.54) is 0 Å². The smallest absolute Gasteiger partial charge is 0.266 e. The Hall–Kier alpha value is -3.07. The summed E-state index contributed by atoms with van der Waals surface area (Å²) in [5.41, 5.74) is 2.90. The topological polar surface area (TPSA) is 95.0 Å². The second-order valence-electron chi connectivity index (χ2n) is 6.76. The van der Waals surface area contributed by atoms with Crippen LogP contribution in [0.15, 0.2) is 29.1 Å². The number of aromatic nitrogens is 1. The first-order valence-corrected chi connectivity index (χ1v) is 8.96. The predicted molar refractivity (Wildman–Crippen MR) is 104 cm³/mol. The maximum absolute atomic E-state index is 12.2. The van der Waals surface area contributed by atoms with Crippen LogP contribution in [0.1, 0.15) is 48.2 Å². The van der Waals surface area contributed by atoms with E-state index in [2.05, 4.69) is 10.3 Å². The van der Waals surface area contributed by atoms with Crippen LogP contribution >= 0.6 is 0 Å². The van der Waals surface area contributed by atoms with Crippen molar-refractivity contribution in [1.29, 1.82) is 5.26 Å². The van der Waals surface area contributed by atoms with Crippen LogP contribution in [-0.2, 0) is 17.8 Å². The molecule has 0 spiro atoms. The van der Waals surface area contributed by atoms with Gasteiger partial charge < -0.3 is 15.0 Å². The zero-order valence-corrected chi connectivity index (χ0v) is 16.2. The standard InChI is InChI=1S/C21H25N3O3/c1-13(2)27-17-7-5-16(6-8-17)12-23-20(25)10-9-18-14(3)19(11-22)21(26)24-15(18)4/h5-8,13H,9-10,12H2,1-4H3,(H,23,25)(H,24,26). The van der Waals surface area contributed by atoms with Crippen molar-refractivity contribution in [2.75, 3.05) is 0 Å². The molecule has 2 N–H and O–H groups in total. The Bertz CT molecular complexity index is 906. The molecule has 1 aromatic carbocycles. The molecule has 0 saturated carbocycles. The Balaban J connectivity index is 1.92. The van der Waals surface area contributed by atoms with Gasteiger partial charge in [0, 0.05) is 18.7 Å². The molecule has 2 rings (SSSR count). The highest BCUT2D eigenvalue weighted by Gasteiger charge is 2.13. The minimum atomic E-state index is -0.384. The van der Waals surface area contributed by atoms with Gasteiger partial charge in [0.1, 0.15) is 17.4 Å². The highest BCUT2D eigenvalue weighted by atomic mass is 16.5. The average molecular weight is 367 g/mol. The van der Waals surface area contributed by atoms with Crippen LogP contribution in [0.4, 0.5) is 0 Å². The summed E-state index contributed by atoms with van der Waals surface area (Å²) in [6.07, 6.45) is 0.875. The molecule has 0 aliphatic rings. The van der Waals surface area contributed by atoms with Crippen LogP contribution < -0.4 is 15.6 Å². The number of nitrogens with zero attached hydrogens (tertiary/aromatic N) is 1. The van der Waals surface area contributed by atoms with Crippen LogP contribution in [0.25, 0.3) is 0 Å². The van der Waals surface area contributed by atoms with E-state index in [0.29, 0.717) is 24.2 Å². The van der Waals surface area contributed by atoms with Gasteiger partial charge >= 0.3 is 0 Å². The lowest BCUT2D eigenvalue weighted by Gasteiger charge is -2.12. The quantitative estimate of drug-likeness (QED) is 0.787. The first-order valence-electron chi connectivity index (χ1n) is 8.96. The number of amides is 1. The number of rotatable bonds is 7. The van der Waals surface area contributed by atoms with Crippen molar-refractivity contribution in [3.63, 3.8) is 0 Å². The number of carbonyl (C=O) groups excluding carboxylic acids is 1. The first kappa shape index (κ1) is 20.2. The van der Waals surface area contributed by atoms with Gasteiger partial charge in [-0.15, -0.1) is 0 Å². The molecular weight excluding hydrogens is 342 g/mol. The van der Waals surface area contributed by atoms with Crippen molar-refractivity contribution in [3.8, 4) is 11.8 Å². The minimum Gasteiger partial charge on any atom is -0.491 e. The van der Waals surface area contributed by atoms with Crippen molar-refractivity contribution < 1.29 is 9.53 Å². The normalized spacial score (nSPS) is 10.5. The number of aryl methyl sites for hydroxylation is 1. The van der Waals surface area contributed by atoms with E-state index >= 15 is 0 Å². The number of nitriles is 1. The molecule has 0 fully saturated rings. The van der Waals surface area contributed by atoms with Gasteiger partial charge in [0.2, 0.25) is 5.91 Å². The maximum Gasteiger partial charge on any atom is 0.266 e. The number of aromatic amines is 1. The SMILES string of the molecule is Cc1[nH]c(=O)c(C#N)c(C)c1CCC(=O)NCc1ccc(OC(C)C)cc1. The maximum atomic E-state index is 12.2. The molecule has 142 valence electrons. The molecule has 0 atom stereocenters. The molecule has 2 aromatic rings. The number of H-pyrrole nitrogens is 1. The van der Waals surface area contributed by atoms with Gasteiger partial charge in [-0.2, -0.15) is 5.26 Å². The Morgan fingerprint density at radius 1 is 1.26 bits per heavy atom. The molecule has 1 aromatic heterocycles. The van der Waals surface area contributed by atoms with Gasteiger partial charge in [0.25, 0.3) is 5.56 Å². The molecular formula is C21H25N3O3. The molecule has 27 heavy (non-hydrogen) atoms. The molecule has 0 unspecified atom stereocenters. The number of hydrogen-bond donors (Lipinski definition) is 2. The Labute approximate surface area is 159 Å². The predicted octanol–water partition coefficient (Wildman–Crippen LogP) is 2.90. The lowest BCUT2D eigenvalue weighted by molar-refractivity contribution is -0.121. The number of carbonyl (C=O) groups is 1. The second-order valence-corrected chi connectivity index (χ2v) is 6.76. The Morgan fingerprint density at radius 2 is 1.93 bits per heavy atom. The van der Waals surface area contributed by atoms with Gasteiger partial charge in [-0.05, 0) is 62.9 Å². The van der Waals surface area contributed by atoms with Crippen molar-refractivity contribution >= 4 is 5.91 Å². The van der Waals surface area contributed by atoms with E-state index < -0.39 is 0 Å². The third kappa shape index (κ3) is 5.45.